The second kappa shape index (κ2) is 6.93. The van der Waals surface area contributed by atoms with E-state index in [0.717, 1.165) is 19.4 Å². The number of halogens is 1. The molecule has 0 fully saturated rings. The van der Waals surface area contributed by atoms with E-state index in [1.807, 2.05) is 11.3 Å². The van der Waals surface area contributed by atoms with Crippen molar-refractivity contribution in [3.63, 3.8) is 0 Å². The molecule has 23 heavy (non-hydrogen) atoms. The summed E-state index contributed by atoms with van der Waals surface area (Å²) in [4.78, 5) is 4.11. The van der Waals surface area contributed by atoms with Crippen LogP contribution in [0.2, 0.25) is 5.02 Å². The molecule has 0 bridgehead atoms. The Morgan fingerprint density at radius 3 is 2.70 bits per heavy atom. The van der Waals surface area contributed by atoms with Crippen LogP contribution in [0.15, 0.2) is 40.6 Å². The van der Waals surface area contributed by atoms with Crippen molar-refractivity contribution in [2.24, 2.45) is 0 Å². The standard InChI is InChI=1S/C17H20ClNO2S2/c1-2-16-15-8-11-22-17(15)7-9-19(16)10-12-23(20,21)14-5-3-13(18)4-6-14/h3-6,8,11,16H,2,7,9-10,12H2,1H3/t16-/m1/s1. The average Bonchev–Trinajstić information content (AvgIpc) is 3.01. The molecule has 3 nitrogen and oxygen atoms in total. The van der Waals surface area contributed by atoms with Crippen molar-refractivity contribution >= 4 is 32.8 Å². The maximum atomic E-state index is 12.5. The van der Waals surface area contributed by atoms with Gasteiger partial charge < -0.3 is 0 Å². The molecule has 0 saturated carbocycles. The van der Waals surface area contributed by atoms with Crippen molar-refractivity contribution in [2.75, 3.05) is 18.8 Å². The third-order valence-corrected chi connectivity index (χ3v) is 7.37. The minimum atomic E-state index is -3.27. The first kappa shape index (κ1) is 17.0. The SMILES string of the molecule is CC[C@@H]1c2ccsc2CCN1CCS(=O)(=O)c1ccc(Cl)cc1. The number of hydrogen-bond donors (Lipinski definition) is 0. The maximum absolute atomic E-state index is 12.5. The van der Waals surface area contributed by atoms with E-state index in [1.54, 1.807) is 24.3 Å². The summed E-state index contributed by atoms with van der Waals surface area (Å²) in [6.45, 7) is 3.67. The van der Waals surface area contributed by atoms with Crippen molar-refractivity contribution in [3.05, 3.63) is 51.2 Å². The van der Waals surface area contributed by atoms with Crippen molar-refractivity contribution in [2.45, 2.75) is 30.7 Å². The number of sulfone groups is 1. The molecule has 3 rings (SSSR count). The van der Waals surface area contributed by atoms with Crippen LogP contribution in [0.3, 0.4) is 0 Å². The Kier molecular flexibility index (Phi) is 5.11. The molecular weight excluding hydrogens is 350 g/mol. The van der Waals surface area contributed by atoms with Gasteiger partial charge in [-0.15, -0.1) is 11.3 Å². The molecule has 0 unspecified atom stereocenters. The van der Waals surface area contributed by atoms with Crippen LogP contribution < -0.4 is 0 Å². The molecule has 0 N–H and O–H groups in total. The largest absolute Gasteiger partial charge is 0.295 e. The van der Waals surface area contributed by atoms with Crippen LogP contribution in [-0.4, -0.2) is 32.2 Å². The van der Waals surface area contributed by atoms with Crippen molar-refractivity contribution in [1.82, 2.24) is 4.90 Å². The third kappa shape index (κ3) is 3.63. The van der Waals surface area contributed by atoms with E-state index in [9.17, 15) is 8.42 Å². The van der Waals surface area contributed by atoms with E-state index in [-0.39, 0.29) is 5.75 Å². The highest BCUT2D eigenvalue weighted by Crippen LogP contribution is 2.35. The maximum Gasteiger partial charge on any atom is 0.179 e. The van der Waals surface area contributed by atoms with Gasteiger partial charge in [-0.25, -0.2) is 8.42 Å². The average molecular weight is 370 g/mol. The summed E-state index contributed by atoms with van der Waals surface area (Å²) in [6, 6.07) is 8.95. The molecule has 1 aromatic carbocycles. The predicted molar refractivity (Wildman–Crippen MR) is 96.1 cm³/mol. The van der Waals surface area contributed by atoms with Gasteiger partial charge in [0.15, 0.2) is 9.84 Å². The highest BCUT2D eigenvalue weighted by molar-refractivity contribution is 7.91. The van der Waals surface area contributed by atoms with Crippen molar-refractivity contribution in [1.29, 1.82) is 0 Å². The second-order valence-corrected chi connectivity index (χ2v) is 9.33. The number of hydrogen-bond acceptors (Lipinski definition) is 4. The van der Waals surface area contributed by atoms with Crippen LogP contribution in [-0.2, 0) is 16.3 Å². The lowest BCUT2D eigenvalue weighted by atomic mass is 9.98. The Hall–Kier alpha value is -0.880. The molecule has 1 aliphatic rings. The molecule has 0 saturated heterocycles. The second-order valence-electron chi connectivity index (χ2n) is 5.78. The van der Waals surface area contributed by atoms with E-state index < -0.39 is 9.84 Å². The molecule has 1 atom stereocenters. The van der Waals surface area contributed by atoms with Gasteiger partial charge in [-0.1, -0.05) is 18.5 Å². The zero-order chi connectivity index (χ0) is 16.4. The first-order chi connectivity index (χ1) is 11.0. The van der Waals surface area contributed by atoms with Crippen LogP contribution in [0.5, 0.6) is 0 Å². The Labute approximate surface area is 146 Å². The summed E-state index contributed by atoms with van der Waals surface area (Å²) in [5.41, 5.74) is 1.38. The Bertz CT molecular complexity index is 768. The number of nitrogens with zero attached hydrogens (tertiary/aromatic N) is 1. The third-order valence-electron chi connectivity index (χ3n) is 4.41. The molecule has 6 heteroatoms. The lowest BCUT2D eigenvalue weighted by molar-refractivity contribution is 0.193. The number of fused-ring (bicyclic) bond motifs is 1. The van der Waals surface area contributed by atoms with Gasteiger partial charge in [0.25, 0.3) is 0 Å². The minimum absolute atomic E-state index is 0.143. The van der Waals surface area contributed by atoms with Crippen LogP contribution in [0.1, 0.15) is 29.8 Å². The monoisotopic (exact) mass is 369 g/mol. The Morgan fingerprint density at radius 2 is 2.00 bits per heavy atom. The van der Waals surface area contributed by atoms with Gasteiger partial charge in [0.1, 0.15) is 0 Å². The fraction of sp³-hybridized carbons (Fsp3) is 0.412. The number of thiophene rings is 1. The van der Waals surface area contributed by atoms with Gasteiger partial charge in [0.2, 0.25) is 0 Å². The summed E-state index contributed by atoms with van der Waals surface area (Å²) in [6.07, 6.45) is 2.02. The molecule has 0 aliphatic carbocycles. The van der Waals surface area contributed by atoms with Gasteiger partial charge in [-0.2, -0.15) is 0 Å². The topological polar surface area (TPSA) is 37.4 Å². The fourth-order valence-electron chi connectivity index (χ4n) is 3.19. The lowest BCUT2D eigenvalue weighted by Gasteiger charge is -2.35. The van der Waals surface area contributed by atoms with Crippen molar-refractivity contribution < 1.29 is 8.42 Å². The van der Waals surface area contributed by atoms with Gasteiger partial charge >= 0.3 is 0 Å². The van der Waals surface area contributed by atoms with Gasteiger partial charge in [-0.05, 0) is 54.1 Å². The van der Waals surface area contributed by atoms with Crippen LogP contribution in [0.25, 0.3) is 0 Å². The first-order valence-electron chi connectivity index (χ1n) is 7.80. The predicted octanol–water partition coefficient (Wildman–Crippen LogP) is 4.18. The zero-order valence-corrected chi connectivity index (χ0v) is 15.4. The fourth-order valence-corrected chi connectivity index (χ4v) is 5.51. The first-order valence-corrected chi connectivity index (χ1v) is 10.7. The summed E-state index contributed by atoms with van der Waals surface area (Å²) < 4.78 is 25.0. The minimum Gasteiger partial charge on any atom is -0.295 e. The molecule has 124 valence electrons. The summed E-state index contributed by atoms with van der Waals surface area (Å²) in [5.74, 6) is 0.143. The van der Waals surface area contributed by atoms with Gasteiger partial charge in [0.05, 0.1) is 10.6 Å². The van der Waals surface area contributed by atoms with Crippen molar-refractivity contribution in [3.8, 4) is 0 Å². The quantitative estimate of drug-likeness (QED) is 0.793. The lowest BCUT2D eigenvalue weighted by Crippen LogP contribution is -2.37. The molecule has 0 radical (unpaired) electrons. The highest BCUT2D eigenvalue weighted by Gasteiger charge is 2.28. The number of rotatable bonds is 5. The molecular formula is C17H20ClNO2S2. The van der Waals surface area contributed by atoms with Crippen LogP contribution >= 0.6 is 22.9 Å². The highest BCUT2D eigenvalue weighted by atomic mass is 35.5. The van der Waals surface area contributed by atoms with Crippen LogP contribution in [0.4, 0.5) is 0 Å². The Morgan fingerprint density at radius 1 is 1.26 bits per heavy atom. The molecule has 2 heterocycles. The van der Waals surface area contributed by atoms with Crippen LogP contribution in [0, 0.1) is 0 Å². The smallest absolute Gasteiger partial charge is 0.179 e. The van der Waals surface area contributed by atoms with E-state index >= 15 is 0 Å². The summed E-state index contributed by atoms with van der Waals surface area (Å²) >= 11 is 7.64. The summed E-state index contributed by atoms with van der Waals surface area (Å²) in [7, 11) is -3.27. The molecule has 0 amide bonds. The molecule has 1 aromatic heterocycles. The van der Waals surface area contributed by atoms with E-state index in [4.69, 9.17) is 11.6 Å². The zero-order valence-electron chi connectivity index (χ0n) is 13.0. The van der Waals surface area contributed by atoms with E-state index in [1.165, 1.54) is 10.4 Å². The number of benzene rings is 1. The van der Waals surface area contributed by atoms with E-state index in [0.29, 0.717) is 22.5 Å². The molecule has 1 aliphatic heterocycles. The van der Waals surface area contributed by atoms with Gasteiger partial charge in [-0.3, -0.25) is 4.90 Å². The molecule has 2 aromatic rings. The van der Waals surface area contributed by atoms with Gasteiger partial charge in [0, 0.05) is 29.0 Å². The normalized spacial score (nSPS) is 18.8. The van der Waals surface area contributed by atoms with E-state index in [2.05, 4.69) is 23.3 Å². The Balaban J connectivity index is 1.71. The molecule has 0 spiro atoms. The summed E-state index contributed by atoms with van der Waals surface area (Å²) in [5, 5.41) is 2.69.